The lowest BCUT2D eigenvalue weighted by molar-refractivity contribution is 0.148. The molecule has 0 saturated heterocycles. The molecule has 0 radical (unpaired) electrons. The van der Waals surface area contributed by atoms with Gasteiger partial charge in [0.05, 0.1) is 13.2 Å². The Morgan fingerprint density at radius 1 is 0.733 bits per heavy atom. The second kappa shape index (κ2) is 12.5. The van der Waals surface area contributed by atoms with Gasteiger partial charge in [0.2, 0.25) is 0 Å². The van der Waals surface area contributed by atoms with Crippen molar-refractivity contribution in [1.29, 1.82) is 0 Å². The molecule has 0 unspecified atom stereocenters. The molecule has 2 aromatic carbocycles. The summed E-state index contributed by atoms with van der Waals surface area (Å²) in [5, 5.41) is 0. The molecule has 1 heteroatoms. The lowest BCUT2D eigenvalue weighted by Gasteiger charge is -2.28. The summed E-state index contributed by atoms with van der Waals surface area (Å²) in [4.78, 5) is 0. The van der Waals surface area contributed by atoms with Crippen molar-refractivity contribution in [2.24, 2.45) is 5.92 Å². The molecule has 160 valence electrons. The van der Waals surface area contributed by atoms with E-state index in [1.807, 2.05) is 0 Å². The van der Waals surface area contributed by atoms with Crippen molar-refractivity contribution < 1.29 is 4.74 Å². The highest BCUT2D eigenvalue weighted by atomic mass is 16.5. The molecular weight excluding hydrogens is 364 g/mol. The number of hydrogen-bond acceptors (Lipinski definition) is 1. The summed E-state index contributed by atoms with van der Waals surface area (Å²) >= 11 is 0. The quantitative estimate of drug-likeness (QED) is 0.286. The lowest BCUT2D eigenvalue weighted by Crippen LogP contribution is -2.12. The lowest BCUT2D eigenvalue weighted by atomic mass is 9.77. The zero-order chi connectivity index (χ0) is 21.0. The van der Waals surface area contributed by atoms with Crippen LogP contribution in [0.25, 0.3) is 11.1 Å². The van der Waals surface area contributed by atoms with Crippen LogP contribution in [0.2, 0.25) is 0 Å². The minimum absolute atomic E-state index is 0.671. The standard InChI is InChI=1S/C29H38O/c1-3-5-7-9-24-10-14-26(15-11-24)28-18-20-29(21-19-28)27-16-12-25(13-17-27)23-30-22-8-6-4-2/h5-8,12-13,16-21,24,26H,3-4,9-11,14-15,22-23H2,1-2H3/t24-,26-. The van der Waals surface area contributed by atoms with Gasteiger partial charge in [0.1, 0.15) is 0 Å². The first kappa shape index (κ1) is 22.6. The predicted molar refractivity (Wildman–Crippen MR) is 130 cm³/mol. The van der Waals surface area contributed by atoms with E-state index in [1.54, 1.807) is 0 Å². The van der Waals surface area contributed by atoms with Gasteiger partial charge in [-0.15, -0.1) is 0 Å². The molecule has 0 atom stereocenters. The van der Waals surface area contributed by atoms with E-state index >= 15 is 0 Å². The van der Waals surface area contributed by atoms with Crippen LogP contribution in [0.4, 0.5) is 0 Å². The molecule has 0 aliphatic heterocycles. The Bertz CT molecular complexity index is 774. The van der Waals surface area contributed by atoms with Gasteiger partial charge in [-0.1, -0.05) is 86.7 Å². The normalized spacial score (nSPS) is 19.7. The second-order valence-corrected chi connectivity index (χ2v) is 8.55. The second-order valence-electron chi connectivity index (χ2n) is 8.55. The Morgan fingerprint density at radius 2 is 1.33 bits per heavy atom. The first-order valence-corrected chi connectivity index (χ1v) is 11.9. The molecule has 30 heavy (non-hydrogen) atoms. The van der Waals surface area contributed by atoms with Crippen LogP contribution < -0.4 is 0 Å². The van der Waals surface area contributed by atoms with Crippen LogP contribution in [0.15, 0.2) is 72.8 Å². The van der Waals surface area contributed by atoms with E-state index in [0.29, 0.717) is 13.2 Å². The maximum absolute atomic E-state index is 5.69. The van der Waals surface area contributed by atoms with Crippen molar-refractivity contribution in [3.8, 4) is 11.1 Å². The summed E-state index contributed by atoms with van der Waals surface area (Å²) in [5.74, 6) is 1.64. The van der Waals surface area contributed by atoms with Crippen LogP contribution in [0, 0.1) is 5.92 Å². The predicted octanol–water partition coefficient (Wildman–Crippen LogP) is 8.47. The topological polar surface area (TPSA) is 9.23 Å². The molecule has 1 fully saturated rings. The maximum Gasteiger partial charge on any atom is 0.0721 e. The first-order chi connectivity index (χ1) is 14.8. The first-order valence-electron chi connectivity index (χ1n) is 11.9. The van der Waals surface area contributed by atoms with Gasteiger partial charge in [0.25, 0.3) is 0 Å². The summed E-state index contributed by atoms with van der Waals surface area (Å²) in [5.41, 5.74) is 5.33. The fourth-order valence-electron chi connectivity index (χ4n) is 4.41. The summed E-state index contributed by atoms with van der Waals surface area (Å²) < 4.78 is 5.69. The zero-order valence-electron chi connectivity index (χ0n) is 18.9. The zero-order valence-corrected chi connectivity index (χ0v) is 18.9. The summed E-state index contributed by atoms with van der Waals surface area (Å²) in [6.07, 6.45) is 17.9. The minimum Gasteiger partial charge on any atom is -0.373 e. The number of rotatable bonds is 10. The van der Waals surface area contributed by atoms with Gasteiger partial charge in [-0.05, 0) is 79.0 Å². The molecule has 1 nitrogen and oxygen atoms in total. The Kier molecular flexibility index (Phi) is 9.44. The number of allylic oxidation sites excluding steroid dienone is 3. The SMILES string of the molecule is CCC=CCOCc1ccc(-c2ccc([C@H]3CC[C@H](CC=CCC)CC3)cc2)cc1. The molecule has 0 aromatic heterocycles. The smallest absolute Gasteiger partial charge is 0.0721 e. The van der Waals surface area contributed by atoms with Gasteiger partial charge in [0.15, 0.2) is 0 Å². The molecule has 1 aliphatic rings. The summed E-state index contributed by atoms with van der Waals surface area (Å²) in [6.45, 7) is 5.71. The fourth-order valence-corrected chi connectivity index (χ4v) is 4.41. The largest absolute Gasteiger partial charge is 0.373 e. The Balaban J connectivity index is 1.49. The van der Waals surface area contributed by atoms with Crippen LogP contribution in [-0.2, 0) is 11.3 Å². The van der Waals surface area contributed by atoms with E-state index in [1.165, 1.54) is 54.4 Å². The molecule has 0 N–H and O–H groups in total. The molecule has 2 aromatic rings. The monoisotopic (exact) mass is 402 g/mol. The summed E-state index contributed by atoms with van der Waals surface area (Å²) in [6, 6.07) is 18.1. The number of hydrogen-bond donors (Lipinski definition) is 0. The van der Waals surface area contributed by atoms with Crippen molar-refractivity contribution in [2.75, 3.05) is 6.61 Å². The van der Waals surface area contributed by atoms with Crippen molar-refractivity contribution in [2.45, 2.75) is 71.3 Å². The molecule has 0 amide bonds. The van der Waals surface area contributed by atoms with Crippen LogP contribution in [0.3, 0.4) is 0 Å². The Labute approximate surface area is 183 Å². The van der Waals surface area contributed by atoms with Crippen molar-refractivity contribution >= 4 is 0 Å². The average Bonchev–Trinajstić information content (AvgIpc) is 2.80. The van der Waals surface area contributed by atoms with Crippen molar-refractivity contribution in [3.63, 3.8) is 0 Å². The third kappa shape index (κ3) is 6.99. The van der Waals surface area contributed by atoms with E-state index in [9.17, 15) is 0 Å². The van der Waals surface area contributed by atoms with Gasteiger partial charge in [-0.25, -0.2) is 0 Å². The summed E-state index contributed by atoms with van der Waals surface area (Å²) in [7, 11) is 0. The van der Waals surface area contributed by atoms with Crippen molar-refractivity contribution in [1.82, 2.24) is 0 Å². The molecule has 0 spiro atoms. The van der Waals surface area contributed by atoms with E-state index in [2.05, 4.69) is 86.7 Å². The van der Waals surface area contributed by atoms with Gasteiger partial charge < -0.3 is 4.74 Å². The highest BCUT2D eigenvalue weighted by Gasteiger charge is 2.21. The van der Waals surface area contributed by atoms with E-state index in [4.69, 9.17) is 4.74 Å². The van der Waals surface area contributed by atoms with Crippen molar-refractivity contribution in [3.05, 3.63) is 84.0 Å². The molecule has 3 rings (SSSR count). The number of ether oxygens (including phenoxy) is 1. The van der Waals surface area contributed by atoms with E-state index in [-0.39, 0.29) is 0 Å². The molecule has 1 saturated carbocycles. The van der Waals surface area contributed by atoms with Crippen LogP contribution in [0.1, 0.15) is 75.8 Å². The molecule has 1 aliphatic carbocycles. The molecule has 0 heterocycles. The van der Waals surface area contributed by atoms with E-state index < -0.39 is 0 Å². The van der Waals surface area contributed by atoms with Gasteiger partial charge in [-0.2, -0.15) is 0 Å². The maximum atomic E-state index is 5.69. The van der Waals surface area contributed by atoms with Crippen LogP contribution in [-0.4, -0.2) is 6.61 Å². The van der Waals surface area contributed by atoms with Crippen LogP contribution >= 0.6 is 0 Å². The van der Waals surface area contributed by atoms with Gasteiger partial charge in [-0.3, -0.25) is 0 Å². The third-order valence-electron chi connectivity index (χ3n) is 6.27. The average molecular weight is 403 g/mol. The third-order valence-corrected chi connectivity index (χ3v) is 6.27. The van der Waals surface area contributed by atoms with Gasteiger partial charge in [0, 0.05) is 0 Å². The number of benzene rings is 2. The minimum atomic E-state index is 0.671. The van der Waals surface area contributed by atoms with Gasteiger partial charge >= 0.3 is 0 Å². The Hall–Kier alpha value is -2.12. The highest BCUT2D eigenvalue weighted by Crippen LogP contribution is 2.37. The fraction of sp³-hybridized carbons (Fsp3) is 0.448. The highest BCUT2D eigenvalue weighted by molar-refractivity contribution is 5.64. The van der Waals surface area contributed by atoms with Crippen LogP contribution in [0.5, 0.6) is 0 Å². The molecular formula is C29H38O. The molecule has 0 bridgehead atoms. The Morgan fingerprint density at radius 3 is 1.97 bits per heavy atom. The van der Waals surface area contributed by atoms with E-state index in [0.717, 1.165) is 24.7 Å².